The standard InChI is InChI=1S/C8H14F2.3C8H18O.2C7H12F3N.C7H13F3.3C6H14O.C6H14/c1-6(2)3-7-4-8(9,10)5-7;3*1-6(2)7(9)8(3,4)5;2*1-5-6(7(8,9)10)3-2-4-11-5;1-5(2)4-6(3)7(8,9)10;3*1-4-6(7)5(2)3;1-4-5-6(2)3/h6-7H,3-5H2,1-2H3;3*6-7,9H,1-5H3;2*5-6,11H,2-4H2,1H3;5-6H,4H2,1-3H3;3*5-7H,4H2,1-3H3;6H,4-5H2,1-3H3/t;2*7-;;5-,6+;5-,6-;;2*6-;;/m.10.01.10../s1. The molecule has 2 saturated heterocycles. The summed E-state index contributed by atoms with van der Waals surface area (Å²) in [5, 5.41) is 60.8. The predicted octanol–water partition coefficient (Wildman–Crippen LogP) is 23.0. The van der Waals surface area contributed by atoms with Gasteiger partial charge in [0.1, 0.15) is 0 Å². The molecule has 19 heteroatoms. The molecule has 0 aromatic rings. The summed E-state index contributed by atoms with van der Waals surface area (Å²) in [5.41, 5.74) is 0.108. The first kappa shape index (κ1) is 111. The van der Waals surface area contributed by atoms with E-state index in [1.807, 2.05) is 104 Å². The average molecular weight is 1420 g/mol. The summed E-state index contributed by atoms with van der Waals surface area (Å²) < 4.78 is 133. The molecule has 0 amide bonds. The van der Waals surface area contributed by atoms with Crippen LogP contribution in [0.3, 0.4) is 0 Å². The maximum absolute atomic E-state index is 12.2. The fourth-order valence-electron chi connectivity index (χ4n) is 10.4. The Morgan fingerprint density at radius 1 is 0.406 bits per heavy atom. The lowest BCUT2D eigenvalue weighted by Crippen LogP contribution is -2.45. The fourth-order valence-corrected chi connectivity index (χ4v) is 10.4. The van der Waals surface area contributed by atoms with Gasteiger partial charge < -0.3 is 41.3 Å². The first-order valence-corrected chi connectivity index (χ1v) is 36.9. The molecule has 8 N–H and O–H groups in total. The zero-order chi connectivity index (χ0) is 78.6. The lowest BCUT2D eigenvalue weighted by Gasteiger charge is -2.35. The number of aliphatic hydroxyl groups excluding tert-OH is 6. The van der Waals surface area contributed by atoms with Crippen LogP contribution in [0.25, 0.3) is 0 Å². The molecule has 3 unspecified atom stereocenters. The Kier molecular flexibility index (Phi) is 64.0. The summed E-state index contributed by atoms with van der Waals surface area (Å²) in [6.45, 7) is 69.1. The lowest BCUT2D eigenvalue weighted by molar-refractivity contribution is -0.187. The first-order valence-electron chi connectivity index (χ1n) is 36.9. The molecule has 11 atom stereocenters. The highest BCUT2D eigenvalue weighted by molar-refractivity contribution is 4.87. The minimum atomic E-state index is -4.02. The van der Waals surface area contributed by atoms with E-state index in [-0.39, 0.29) is 90.9 Å². The van der Waals surface area contributed by atoms with Gasteiger partial charge in [-0.3, -0.25) is 0 Å². The maximum atomic E-state index is 12.2. The van der Waals surface area contributed by atoms with E-state index in [4.69, 9.17) is 15.3 Å². The van der Waals surface area contributed by atoms with E-state index in [9.17, 15) is 63.6 Å². The van der Waals surface area contributed by atoms with Crippen molar-refractivity contribution in [3.8, 4) is 0 Å². The van der Waals surface area contributed by atoms with Crippen LogP contribution >= 0.6 is 0 Å². The van der Waals surface area contributed by atoms with Crippen LogP contribution < -0.4 is 10.6 Å². The molecule has 3 aliphatic rings. The zero-order valence-electron chi connectivity index (χ0n) is 68.1. The second-order valence-electron chi connectivity index (χ2n) is 33.9. The topological polar surface area (TPSA) is 145 Å². The Bertz CT molecular complexity index is 1570. The van der Waals surface area contributed by atoms with Gasteiger partial charge in [0.25, 0.3) is 0 Å². The molecule has 1 saturated carbocycles. The van der Waals surface area contributed by atoms with E-state index in [1.54, 1.807) is 27.7 Å². The maximum Gasteiger partial charge on any atom is 0.393 e. The van der Waals surface area contributed by atoms with Gasteiger partial charge in [0, 0.05) is 24.9 Å². The van der Waals surface area contributed by atoms with Gasteiger partial charge in [0.15, 0.2) is 0 Å². The highest BCUT2D eigenvalue weighted by atomic mass is 19.4. The van der Waals surface area contributed by atoms with Gasteiger partial charge in [-0.25, -0.2) is 8.78 Å². The van der Waals surface area contributed by atoms with Gasteiger partial charge in [0.05, 0.1) is 54.4 Å². The van der Waals surface area contributed by atoms with Crippen molar-refractivity contribution in [2.24, 2.45) is 93.2 Å². The number of piperidine rings is 2. The molecule has 3 fully saturated rings. The third-order valence-corrected chi connectivity index (χ3v) is 16.7. The van der Waals surface area contributed by atoms with E-state index in [2.05, 4.69) is 108 Å². The molecule has 2 aliphatic heterocycles. The van der Waals surface area contributed by atoms with Crippen molar-refractivity contribution in [3.63, 3.8) is 0 Å². The summed E-state index contributed by atoms with van der Waals surface area (Å²) in [5.74, 6) is -1.51. The molecule has 3 rings (SSSR count). The predicted molar refractivity (Wildman–Crippen MR) is 388 cm³/mol. The fraction of sp³-hybridized carbons (Fsp3) is 1.00. The Balaban J connectivity index is -0.000000149. The molecule has 1 aliphatic carbocycles. The summed E-state index contributed by atoms with van der Waals surface area (Å²) in [7, 11) is 0. The van der Waals surface area contributed by atoms with Crippen molar-refractivity contribution in [2.75, 3.05) is 13.1 Å². The summed E-state index contributed by atoms with van der Waals surface area (Å²) in [6.07, 6.45) is -4.30. The molecule has 0 radical (unpaired) electrons. The monoisotopic (exact) mass is 1420 g/mol. The van der Waals surface area contributed by atoms with Crippen LogP contribution in [-0.4, -0.2) is 117 Å². The highest BCUT2D eigenvalue weighted by Crippen LogP contribution is 2.45. The second kappa shape index (κ2) is 55.5. The number of halogens is 11. The zero-order valence-corrected chi connectivity index (χ0v) is 68.1. The van der Waals surface area contributed by atoms with E-state index >= 15 is 0 Å². The minimum Gasteiger partial charge on any atom is -0.393 e. The number of nitrogens with one attached hydrogen (secondary N) is 2. The van der Waals surface area contributed by atoms with Gasteiger partial charge >= 0.3 is 18.5 Å². The number of rotatable bonds is 15. The molecule has 0 aromatic carbocycles. The van der Waals surface area contributed by atoms with Gasteiger partial charge in [-0.05, 0) is 160 Å². The first-order chi connectivity index (χ1) is 42.7. The number of alkyl halides is 11. The van der Waals surface area contributed by atoms with Crippen molar-refractivity contribution in [2.45, 2.75) is 392 Å². The smallest absolute Gasteiger partial charge is 0.393 e. The second-order valence-corrected chi connectivity index (χ2v) is 33.9. The molecule has 96 heavy (non-hydrogen) atoms. The van der Waals surface area contributed by atoms with Crippen molar-refractivity contribution in [1.29, 1.82) is 0 Å². The Morgan fingerprint density at radius 2 is 0.667 bits per heavy atom. The molecule has 592 valence electrons. The molecule has 0 bridgehead atoms. The lowest BCUT2D eigenvalue weighted by atomic mass is 9.77. The highest BCUT2D eigenvalue weighted by Gasteiger charge is 2.46. The molecule has 8 nitrogen and oxygen atoms in total. The Hall–Kier alpha value is -1.09. The third kappa shape index (κ3) is 67.4. The molecular weight excluding hydrogens is 1260 g/mol. The van der Waals surface area contributed by atoms with Crippen LogP contribution in [0.2, 0.25) is 0 Å². The van der Waals surface area contributed by atoms with Crippen molar-refractivity contribution in [1.82, 2.24) is 10.6 Å². The molecular formula is C77H161F11N2O6. The summed E-state index contributed by atoms with van der Waals surface area (Å²) >= 11 is 0. The SMILES string of the molecule is CC(C)C(O)C(C)(C)C.CC(C)CC(C)C(F)(F)F.CC(C)CC1CC(F)(F)C1.CC(C)[C@@H](O)C(C)(C)C.CC(C)[C@H](O)C(C)(C)C.CCC(O)C(C)C.CCCC(C)C.CC[C@@H](O)C(C)C.CC[C@H](O)C(C)C.C[C@@H]1NCCC[C@H]1C(F)(F)F.C[C@H]1NCCC[C@H]1C(F)(F)F. The molecule has 0 spiro atoms. The van der Waals surface area contributed by atoms with Crippen molar-refractivity contribution >= 4 is 0 Å². The van der Waals surface area contributed by atoms with Gasteiger partial charge in [-0.15, -0.1) is 0 Å². The normalized spacial score (nSPS) is 20.5. The minimum absolute atomic E-state index is 0.0359. The largest absolute Gasteiger partial charge is 0.393 e. The number of aliphatic hydroxyl groups is 6. The van der Waals surface area contributed by atoms with E-state index < -0.39 is 54.3 Å². The van der Waals surface area contributed by atoms with Gasteiger partial charge in [0.2, 0.25) is 5.92 Å². The summed E-state index contributed by atoms with van der Waals surface area (Å²) in [4.78, 5) is 0. The van der Waals surface area contributed by atoms with Crippen LogP contribution in [0.5, 0.6) is 0 Å². The van der Waals surface area contributed by atoms with E-state index in [0.717, 1.165) is 31.6 Å². The number of hydrogen-bond donors (Lipinski definition) is 8. The van der Waals surface area contributed by atoms with Crippen LogP contribution in [0, 0.1) is 93.2 Å². The molecule has 2 heterocycles. The van der Waals surface area contributed by atoms with E-state index in [1.165, 1.54) is 19.8 Å². The quantitative estimate of drug-likeness (QED) is 0.0757. The van der Waals surface area contributed by atoms with Crippen LogP contribution in [0.15, 0.2) is 0 Å². The van der Waals surface area contributed by atoms with Gasteiger partial charge in [-0.1, -0.05) is 234 Å². The van der Waals surface area contributed by atoms with Crippen LogP contribution in [-0.2, 0) is 0 Å². The Morgan fingerprint density at radius 3 is 0.750 bits per heavy atom. The number of hydrogen-bond acceptors (Lipinski definition) is 8. The molecule has 0 aromatic heterocycles. The van der Waals surface area contributed by atoms with Crippen LogP contribution in [0.1, 0.15) is 319 Å². The summed E-state index contributed by atoms with van der Waals surface area (Å²) in [6, 6.07) is -0.826. The van der Waals surface area contributed by atoms with Crippen LogP contribution in [0.4, 0.5) is 48.3 Å². The Labute approximate surface area is 585 Å². The van der Waals surface area contributed by atoms with Crippen molar-refractivity contribution in [3.05, 3.63) is 0 Å². The van der Waals surface area contributed by atoms with E-state index in [0.29, 0.717) is 73.3 Å². The average Bonchev–Trinajstić information content (AvgIpc) is 1.31. The third-order valence-electron chi connectivity index (χ3n) is 16.7. The van der Waals surface area contributed by atoms with Gasteiger partial charge in [-0.2, -0.15) is 39.5 Å². The van der Waals surface area contributed by atoms with Crippen molar-refractivity contribution < 1.29 is 78.9 Å².